The summed E-state index contributed by atoms with van der Waals surface area (Å²) in [5, 5.41) is 4.88. The van der Waals surface area contributed by atoms with Crippen molar-refractivity contribution in [2.45, 2.75) is 27.2 Å². The number of para-hydroxylation sites is 1. The van der Waals surface area contributed by atoms with E-state index in [1.54, 1.807) is 6.21 Å². The molecule has 1 N–H and O–H groups in total. The highest BCUT2D eigenvalue weighted by Gasteiger charge is 2.12. The number of carbonyl (C=O) groups excluding carboxylic acids is 1. The molecule has 0 unspecified atom stereocenters. The molecular formula is C16H19N3O2S. The number of carbonyl (C=O) groups is 1. The highest BCUT2D eigenvalue weighted by Crippen LogP contribution is 2.17. The fourth-order valence-electron chi connectivity index (χ4n) is 1.88. The summed E-state index contributed by atoms with van der Waals surface area (Å²) in [6.07, 6.45) is 2.53. The van der Waals surface area contributed by atoms with Gasteiger partial charge in [-0.3, -0.25) is 4.79 Å². The number of aromatic nitrogens is 1. The molecule has 1 heterocycles. The van der Waals surface area contributed by atoms with E-state index < -0.39 is 0 Å². The molecule has 0 saturated carbocycles. The Kier molecular flexibility index (Phi) is 5.66. The lowest BCUT2D eigenvalue weighted by Crippen LogP contribution is -2.17. The van der Waals surface area contributed by atoms with Crippen molar-refractivity contribution in [2.75, 3.05) is 6.61 Å². The lowest BCUT2D eigenvalue weighted by molar-refractivity contribution is 0.0958. The van der Waals surface area contributed by atoms with Gasteiger partial charge in [-0.1, -0.05) is 19.1 Å². The topological polar surface area (TPSA) is 63.6 Å². The van der Waals surface area contributed by atoms with Crippen molar-refractivity contribution >= 4 is 23.5 Å². The minimum absolute atomic E-state index is 0.244. The van der Waals surface area contributed by atoms with E-state index in [9.17, 15) is 4.79 Å². The molecule has 0 spiro atoms. The second-order valence-electron chi connectivity index (χ2n) is 4.73. The van der Waals surface area contributed by atoms with Gasteiger partial charge in [0, 0.05) is 5.56 Å². The molecule has 1 aromatic carbocycles. The first-order chi connectivity index (χ1) is 10.6. The van der Waals surface area contributed by atoms with Crippen LogP contribution in [0.5, 0.6) is 5.75 Å². The maximum Gasteiger partial charge on any atom is 0.283 e. The molecule has 2 aromatic rings. The first kappa shape index (κ1) is 16.2. The van der Waals surface area contributed by atoms with Crippen LogP contribution < -0.4 is 10.2 Å². The number of hydrogen-bond donors (Lipinski definition) is 1. The van der Waals surface area contributed by atoms with Crippen molar-refractivity contribution in [3.63, 3.8) is 0 Å². The van der Waals surface area contributed by atoms with E-state index in [-0.39, 0.29) is 5.91 Å². The van der Waals surface area contributed by atoms with Gasteiger partial charge in [-0.05, 0) is 32.4 Å². The number of hydrazone groups is 1. The zero-order valence-electron chi connectivity index (χ0n) is 12.9. The SMILES string of the molecule is CCCOc1ccccc1/C=N/NC(=O)c1sc(C)nc1C. The van der Waals surface area contributed by atoms with Gasteiger partial charge < -0.3 is 4.74 Å². The Morgan fingerprint density at radius 1 is 1.41 bits per heavy atom. The van der Waals surface area contributed by atoms with E-state index in [0.717, 1.165) is 28.4 Å². The Labute approximate surface area is 134 Å². The molecule has 2 rings (SSSR count). The van der Waals surface area contributed by atoms with Crippen LogP contribution in [0.2, 0.25) is 0 Å². The van der Waals surface area contributed by atoms with Crippen LogP contribution in [0.25, 0.3) is 0 Å². The number of nitrogens with one attached hydrogen (secondary N) is 1. The third-order valence-corrected chi connectivity index (χ3v) is 3.93. The minimum atomic E-state index is -0.244. The summed E-state index contributed by atoms with van der Waals surface area (Å²) in [4.78, 5) is 16.9. The molecule has 0 radical (unpaired) electrons. The van der Waals surface area contributed by atoms with Crippen molar-refractivity contribution in [1.82, 2.24) is 10.4 Å². The molecule has 0 fully saturated rings. The van der Waals surface area contributed by atoms with Crippen molar-refractivity contribution in [2.24, 2.45) is 5.10 Å². The Morgan fingerprint density at radius 2 is 2.18 bits per heavy atom. The van der Waals surface area contributed by atoms with Crippen LogP contribution in [0.1, 0.15) is 39.3 Å². The molecule has 0 aliphatic rings. The van der Waals surface area contributed by atoms with Gasteiger partial charge in [0.15, 0.2) is 0 Å². The zero-order valence-corrected chi connectivity index (χ0v) is 13.7. The molecule has 0 aliphatic carbocycles. The number of benzene rings is 1. The van der Waals surface area contributed by atoms with Crippen LogP contribution in [0, 0.1) is 13.8 Å². The molecule has 6 heteroatoms. The van der Waals surface area contributed by atoms with Gasteiger partial charge in [0.05, 0.1) is 23.5 Å². The molecule has 0 atom stereocenters. The molecule has 1 amide bonds. The van der Waals surface area contributed by atoms with Gasteiger partial charge in [-0.25, -0.2) is 10.4 Å². The van der Waals surface area contributed by atoms with Crippen molar-refractivity contribution in [3.8, 4) is 5.75 Å². The second-order valence-corrected chi connectivity index (χ2v) is 5.94. The first-order valence-electron chi connectivity index (χ1n) is 7.11. The van der Waals surface area contributed by atoms with Crippen LogP contribution in [-0.2, 0) is 0 Å². The average molecular weight is 317 g/mol. The van der Waals surface area contributed by atoms with Crippen LogP contribution in [0.3, 0.4) is 0 Å². The summed E-state index contributed by atoms with van der Waals surface area (Å²) in [6, 6.07) is 7.58. The summed E-state index contributed by atoms with van der Waals surface area (Å²) in [7, 11) is 0. The maximum absolute atomic E-state index is 12.0. The monoisotopic (exact) mass is 317 g/mol. The Balaban J connectivity index is 2.03. The molecule has 0 aliphatic heterocycles. The summed E-state index contributed by atoms with van der Waals surface area (Å²) < 4.78 is 5.64. The number of amides is 1. The molecule has 0 bridgehead atoms. The largest absolute Gasteiger partial charge is 0.493 e. The normalized spacial score (nSPS) is 10.9. The molecule has 116 valence electrons. The molecule has 5 nitrogen and oxygen atoms in total. The highest BCUT2D eigenvalue weighted by molar-refractivity contribution is 7.13. The molecule has 0 saturated heterocycles. The van der Waals surface area contributed by atoms with Gasteiger partial charge in [0.1, 0.15) is 10.6 Å². The average Bonchev–Trinajstić information content (AvgIpc) is 2.85. The predicted molar refractivity (Wildman–Crippen MR) is 88.9 cm³/mol. The number of hydrogen-bond acceptors (Lipinski definition) is 5. The maximum atomic E-state index is 12.0. The second kappa shape index (κ2) is 7.70. The lowest BCUT2D eigenvalue weighted by atomic mass is 10.2. The fourth-order valence-corrected chi connectivity index (χ4v) is 2.69. The van der Waals surface area contributed by atoms with Crippen molar-refractivity contribution < 1.29 is 9.53 Å². The van der Waals surface area contributed by atoms with Gasteiger partial charge in [-0.15, -0.1) is 11.3 Å². The van der Waals surface area contributed by atoms with Gasteiger partial charge in [-0.2, -0.15) is 5.10 Å². The van der Waals surface area contributed by atoms with Gasteiger partial charge in [0.25, 0.3) is 5.91 Å². The van der Waals surface area contributed by atoms with E-state index in [0.29, 0.717) is 11.5 Å². The zero-order chi connectivity index (χ0) is 15.9. The predicted octanol–water partition coefficient (Wildman–Crippen LogP) is 3.31. The highest BCUT2D eigenvalue weighted by atomic mass is 32.1. The summed E-state index contributed by atoms with van der Waals surface area (Å²) >= 11 is 1.36. The number of rotatable bonds is 6. The third-order valence-electron chi connectivity index (χ3n) is 2.86. The van der Waals surface area contributed by atoms with Crippen molar-refractivity contribution in [1.29, 1.82) is 0 Å². The quantitative estimate of drug-likeness (QED) is 0.656. The number of nitrogens with zero attached hydrogens (tertiary/aromatic N) is 2. The summed E-state index contributed by atoms with van der Waals surface area (Å²) in [5.74, 6) is 0.512. The van der Waals surface area contributed by atoms with E-state index >= 15 is 0 Å². The molecular weight excluding hydrogens is 298 g/mol. The lowest BCUT2D eigenvalue weighted by Gasteiger charge is -2.07. The summed E-state index contributed by atoms with van der Waals surface area (Å²) in [5.41, 5.74) is 4.08. The number of aryl methyl sites for hydroxylation is 2. The minimum Gasteiger partial charge on any atom is -0.493 e. The van der Waals surface area contributed by atoms with Crippen LogP contribution >= 0.6 is 11.3 Å². The fraction of sp³-hybridized carbons (Fsp3) is 0.312. The van der Waals surface area contributed by atoms with E-state index in [4.69, 9.17) is 4.74 Å². The Morgan fingerprint density at radius 3 is 2.86 bits per heavy atom. The van der Waals surface area contributed by atoms with Crippen LogP contribution in [0.4, 0.5) is 0 Å². The first-order valence-corrected chi connectivity index (χ1v) is 7.92. The van der Waals surface area contributed by atoms with Gasteiger partial charge >= 0.3 is 0 Å². The number of thiazole rings is 1. The third kappa shape index (κ3) is 4.14. The van der Waals surface area contributed by atoms with Crippen LogP contribution in [0.15, 0.2) is 29.4 Å². The number of ether oxygens (including phenoxy) is 1. The molecule has 1 aromatic heterocycles. The van der Waals surface area contributed by atoms with E-state index in [2.05, 4.69) is 22.4 Å². The smallest absolute Gasteiger partial charge is 0.283 e. The van der Waals surface area contributed by atoms with Crippen LogP contribution in [-0.4, -0.2) is 23.7 Å². The Bertz CT molecular complexity index is 680. The van der Waals surface area contributed by atoms with E-state index in [1.807, 2.05) is 38.1 Å². The van der Waals surface area contributed by atoms with Gasteiger partial charge in [0.2, 0.25) is 0 Å². The van der Waals surface area contributed by atoms with E-state index in [1.165, 1.54) is 11.3 Å². The summed E-state index contributed by atoms with van der Waals surface area (Å²) in [6.45, 7) is 6.39. The standard InChI is InChI=1S/C16H19N3O2S/c1-4-9-21-14-8-6-5-7-13(14)10-17-19-16(20)15-11(2)18-12(3)22-15/h5-8,10H,4,9H2,1-3H3,(H,19,20)/b17-10+. The molecule has 22 heavy (non-hydrogen) atoms. The van der Waals surface area contributed by atoms with Crippen molar-refractivity contribution in [3.05, 3.63) is 45.4 Å². The Hall–Kier alpha value is -2.21.